The number of nitrogens with one attached hydrogen (secondary N) is 1. The Bertz CT molecular complexity index is 1400. The van der Waals surface area contributed by atoms with Crippen LogP contribution in [0.15, 0.2) is 66.9 Å². The molecule has 8 nitrogen and oxygen atoms in total. The van der Waals surface area contributed by atoms with Crippen LogP contribution in [-0.4, -0.2) is 40.1 Å². The molecule has 0 spiro atoms. The van der Waals surface area contributed by atoms with E-state index in [1.54, 1.807) is 55.6 Å². The number of halogens is 2. The lowest BCUT2D eigenvalue weighted by molar-refractivity contribution is -0.150. The molecule has 0 saturated heterocycles. The zero-order valence-electron chi connectivity index (χ0n) is 19.5. The van der Waals surface area contributed by atoms with Crippen LogP contribution in [0.1, 0.15) is 27.3 Å². The molecule has 0 aliphatic heterocycles. The summed E-state index contributed by atoms with van der Waals surface area (Å²) in [5, 5.41) is 12.8. The molecule has 2 heterocycles. The van der Waals surface area contributed by atoms with Gasteiger partial charge < -0.3 is 19.9 Å². The number of pyridine rings is 1. The topological polar surface area (TPSA) is 102 Å². The monoisotopic (exact) mass is 495 g/mol. The van der Waals surface area contributed by atoms with Gasteiger partial charge in [-0.05, 0) is 36.8 Å². The molecular formula is C26H23F2N3O5. The number of nitrogens with zero attached hydrogens (tertiary/aromatic N) is 2. The van der Waals surface area contributed by atoms with Crippen LogP contribution in [0, 0.1) is 18.6 Å². The molecule has 36 heavy (non-hydrogen) atoms. The second kappa shape index (κ2) is 10.1. The molecule has 2 N–H and O–H groups in total. The lowest BCUT2D eigenvalue weighted by Crippen LogP contribution is -2.55. The molecule has 2 aromatic heterocycles. The number of rotatable bonds is 8. The van der Waals surface area contributed by atoms with Gasteiger partial charge in [-0.2, -0.15) is 0 Å². The number of methoxy groups -OCH3 is 1. The van der Waals surface area contributed by atoms with Gasteiger partial charge in [0.05, 0.1) is 25.0 Å². The molecule has 1 atom stereocenters. The number of carbonyl (C=O) groups excluding carboxylic acids is 2. The van der Waals surface area contributed by atoms with Crippen molar-refractivity contribution in [3.63, 3.8) is 0 Å². The van der Waals surface area contributed by atoms with Crippen molar-refractivity contribution in [2.45, 2.75) is 19.1 Å². The average molecular weight is 495 g/mol. The second-order valence-corrected chi connectivity index (χ2v) is 7.98. The summed E-state index contributed by atoms with van der Waals surface area (Å²) in [6, 6.07) is 14.9. The zero-order chi connectivity index (χ0) is 25.9. The number of aliphatic hydroxyl groups is 1. The minimum Gasteiger partial charge on any atom is -0.485 e. The van der Waals surface area contributed by atoms with Gasteiger partial charge in [-0.1, -0.05) is 36.4 Å². The number of aromatic nitrogens is 2. The van der Waals surface area contributed by atoms with E-state index in [0.717, 1.165) is 19.2 Å². The van der Waals surface area contributed by atoms with E-state index in [9.17, 15) is 23.5 Å². The lowest BCUT2D eigenvalue weighted by atomic mass is 9.90. The van der Waals surface area contributed by atoms with Crippen molar-refractivity contribution in [1.29, 1.82) is 0 Å². The van der Waals surface area contributed by atoms with Crippen molar-refractivity contribution in [2.75, 3.05) is 13.7 Å². The number of ether oxygens (including phenoxy) is 2. The number of imidazole rings is 1. The number of hydrogen-bond donors (Lipinski definition) is 2. The number of amides is 1. The van der Waals surface area contributed by atoms with E-state index in [-0.39, 0.29) is 22.7 Å². The molecule has 0 fully saturated rings. The highest BCUT2D eigenvalue weighted by molar-refractivity contribution is 5.99. The summed E-state index contributed by atoms with van der Waals surface area (Å²) < 4.78 is 40.0. The van der Waals surface area contributed by atoms with Gasteiger partial charge in [0.2, 0.25) is 0 Å². The molecule has 2 aromatic carbocycles. The second-order valence-electron chi connectivity index (χ2n) is 7.98. The fraction of sp³-hybridized carbons (Fsp3) is 0.192. The Morgan fingerprint density at radius 3 is 2.39 bits per heavy atom. The van der Waals surface area contributed by atoms with Crippen molar-refractivity contribution in [2.24, 2.45) is 0 Å². The number of aliphatic hydroxyl groups excluding tert-OH is 1. The molecule has 10 heteroatoms. The molecule has 186 valence electrons. The minimum absolute atomic E-state index is 0.0742. The van der Waals surface area contributed by atoms with Crippen molar-refractivity contribution in [1.82, 2.24) is 14.7 Å². The summed E-state index contributed by atoms with van der Waals surface area (Å²) in [7, 11) is 1.16. The van der Waals surface area contributed by atoms with Gasteiger partial charge in [0.1, 0.15) is 23.9 Å². The Morgan fingerprint density at radius 1 is 1.06 bits per heavy atom. The Morgan fingerprint density at radius 2 is 1.75 bits per heavy atom. The molecule has 1 unspecified atom stereocenters. The highest BCUT2D eigenvalue weighted by Gasteiger charge is 2.43. The molecule has 4 aromatic rings. The summed E-state index contributed by atoms with van der Waals surface area (Å²) in [5.74, 6) is -2.87. The predicted octanol–water partition coefficient (Wildman–Crippen LogP) is 3.29. The van der Waals surface area contributed by atoms with Gasteiger partial charge in [0, 0.05) is 6.20 Å². The maximum Gasteiger partial charge on any atom is 0.338 e. The Kier molecular flexibility index (Phi) is 6.98. The maximum atomic E-state index is 14.0. The number of aryl methyl sites for hydroxylation is 1. The predicted molar refractivity (Wildman–Crippen MR) is 125 cm³/mol. The van der Waals surface area contributed by atoms with E-state index in [4.69, 9.17) is 9.47 Å². The third kappa shape index (κ3) is 4.38. The van der Waals surface area contributed by atoms with Crippen LogP contribution >= 0.6 is 0 Å². The largest absolute Gasteiger partial charge is 0.485 e. The molecule has 0 aliphatic carbocycles. The molecule has 1 amide bonds. The Hall–Kier alpha value is -4.31. The van der Waals surface area contributed by atoms with Gasteiger partial charge in [-0.25, -0.2) is 18.6 Å². The van der Waals surface area contributed by atoms with E-state index in [2.05, 4.69) is 10.3 Å². The molecule has 0 saturated carbocycles. The third-order valence-electron chi connectivity index (χ3n) is 5.80. The first kappa shape index (κ1) is 24.8. The van der Waals surface area contributed by atoms with Crippen molar-refractivity contribution in [3.05, 3.63) is 101 Å². The summed E-state index contributed by atoms with van der Waals surface area (Å²) in [6.07, 6.45) is 1.56. The van der Waals surface area contributed by atoms with Crippen LogP contribution in [0.2, 0.25) is 0 Å². The van der Waals surface area contributed by atoms with E-state index in [1.807, 2.05) is 0 Å². The zero-order valence-corrected chi connectivity index (χ0v) is 19.5. The summed E-state index contributed by atoms with van der Waals surface area (Å²) in [4.78, 5) is 30.6. The first-order valence-electron chi connectivity index (χ1n) is 10.9. The van der Waals surface area contributed by atoms with Gasteiger partial charge in [-0.3, -0.25) is 9.20 Å². The molecule has 0 bridgehead atoms. The quantitative estimate of drug-likeness (QED) is 0.364. The number of esters is 1. The number of benzene rings is 2. The normalized spacial score (nSPS) is 12.7. The van der Waals surface area contributed by atoms with Crippen molar-refractivity contribution in [3.8, 4) is 5.75 Å². The smallest absolute Gasteiger partial charge is 0.338 e. The number of hydrogen-bond acceptors (Lipinski definition) is 6. The standard InChI is InChI=1S/C26H23F2N3O5/c1-16-22(24(33)30-26(15-32,25(34)35-2)17-8-4-3-5-9-17)31-13-7-12-21(23(31)29-16)36-14-18-19(27)10-6-11-20(18)28/h3-13,32H,14-15H2,1-2H3,(H,30,33). The van der Waals surface area contributed by atoms with Crippen LogP contribution < -0.4 is 10.1 Å². The lowest BCUT2D eigenvalue weighted by Gasteiger charge is -2.30. The van der Waals surface area contributed by atoms with Crippen molar-refractivity contribution >= 4 is 17.5 Å². The molecular weight excluding hydrogens is 472 g/mol. The third-order valence-corrected chi connectivity index (χ3v) is 5.80. The van der Waals surface area contributed by atoms with Gasteiger partial charge in [0.25, 0.3) is 5.91 Å². The summed E-state index contributed by atoms with van der Waals surface area (Å²) >= 11 is 0. The fourth-order valence-corrected chi connectivity index (χ4v) is 3.95. The highest BCUT2D eigenvalue weighted by atomic mass is 19.1. The van der Waals surface area contributed by atoms with E-state index < -0.39 is 42.3 Å². The van der Waals surface area contributed by atoms with Crippen LogP contribution in [-0.2, 0) is 21.7 Å². The van der Waals surface area contributed by atoms with Crippen LogP contribution in [0.25, 0.3) is 5.65 Å². The first-order valence-corrected chi connectivity index (χ1v) is 10.9. The fourth-order valence-electron chi connectivity index (χ4n) is 3.95. The molecule has 4 rings (SSSR count). The maximum absolute atomic E-state index is 14.0. The highest BCUT2D eigenvalue weighted by Crippen LogP contribution is 2.27. The van der Waals surface area contributed by atoms with E-state index in [1.165, 1.54) is 10.5 Å². The van der Waals surface area contributed by atoms with Crippen LogP contribution in [0.4, 0.5) is 8.78 Å². The first-order chi connectivity index (χ1) is 17.3. The molecule has 0 aliphatic rings. The molecule has 0 radical (unpaired) electrons. The Labute approximate surface area is 205 Å². The average Bonchev–Trinajstić information content (AvgIpc) is 3.23. The van der Waals surface area contributed by atoms with Gasteiger partial charge >= 0.3 is 5.97 Å². The van der Waals surface area contributed by atoms with Crippen LogP contribution in [0.5, 0.6) is 5.75 Å². The Balaban J connectivity index is 1.70. The number of carbonyl (C=O) groups is 2. The number of fused-ring (bicyclic) bond motifs is 1. The van der Waals surface area contributed by atoms with Crippen molar-refractivity contribution < 1.29 is 33.0 Å². The summed E-state index contributed by atoms with van der Waals surface area (Å²) in [5.41, 5.74) is -1.18. The van der Waals surface area contributed by atoms with E-state index >= 15 is 0 Å². The van der Waals surface area contributed by atoms with Gasteiger partial charge in [0.15, 0.2) is 16.9 Å². The summed E-state index contributed by atoms with van der Waals surface area (Å²) in [6.45, 7) is 0.437. The van der Waals surface area contributed by atoms with E-state index in [0.29, 0.717) is 11.3 Å². The van der Waals surface area contributed by atoms with Crippen LogP contribution in [0.3, 0.4) is 0 Å². The SMILES string of the molecule is COC(=O)C(CO)(NC(=O)c1c(C)nc2c(OCc3c(F)cccc3F)cccn12)c1ccccc1. The minimum atomic E-state index is -1.86. The van der Waals surface area contributed by atoms with Gasteiger partial charge in [-0.15, -0.1) is 0 Å².